The molecular formula is C20H20ClN3O2S. The van der Waals surface area contributed by atoms with Crippen LogP contribution in [0.4, 0.5) is 0 Å². The Morgan fingerprint density at radius 3 is 2.63 bits per heavy atom. The van der Waals surface area contributed by atoms with E-state index in [4.69, 9.17) is 17.3 Å². The number of dihydropyridines is 1. The molecule has 0 bridgehead atoms. The number of nitrogens with zero attached hydrogens (tertiary/aromatic N) is 1. The van der Waals surface area contributed by atoms with Crippen LogP contribution in [0.25, 0.3) is 0 Å². The van der Waals surface area contributed by atoms with Crippen molar-refractivity contribution in [3.05, 3.63) is 56.7 Å². The fourth-order valence-corrected chi connectivity index (χ4v) is 4.55. The molecule has 0 spiro atoms. The largest absolute Gasteiger partial charge is 0.369 e. The molecule has 27 heavy (non-hydrogen) atoms. The number of carbonyl (C=O) groups excluding carboxylic acids is 2. The van der Waals surface area contributed by atoms with Gasteiger partial charge in [0.05, 0.1) is 28.3 Å². The number of amides is 1. The van der Waals surface area contributed by atoms with Crippen molar-refractivity contribution in [1.82, 2.24) is 5.32 Å². The van der Waals surface area contributed by atoms with Gasteiger partial charge in [0.2, 0.25) is 5.91 Å². The number of rotatable bonds is 4. The first-order chi connectivity index (χ1) is 12.7. The first-order valence-electron chi connectivity index (χ1n) is 8.56. The van der Waals surface area contributed by atoms with Gasteiger partial charge in [0.1, 0.15) is 0 Å². The fourth-order valence-electron chi connectivity index (χ4n) is 3.62. The SMILES string of the molecule is CC1(C)CC(=O)C2=C(C1)NC(SCC(N)=O)=C(C#N)C2c1ccc(Cl)cc1. The Kier molecular flexibility index (Phi) is 5.36. The Hall–Kier alpha value is -2.23. The predicted molar refractivity (Wildman–Crippen MR) is 107 cm³/mol. The minimum atomic E-state index is -0.470. The van der Waals surface area contributed by atoms with Gasteiger partial charge in [0, 0.05) is 22.7 Å². The van der Waals surface area contributed by atoms with E-state index in [2.05, 4.69) is 11.4 Å². The highest BCUT2D eigenvalue weighted by Gasteiger charge is 2.41. The van der Waals surface area contributed by atoms with Crippen molar-refractivity contribution in [3.8, 4) is 6.07 Å². The maximum absolute atomic E-state index is 13.0. The number of nitriles is 1. The number of hydrogen-bond donors (Lipinski definition) is 2. The highest BCUT2D eigenvalue weighted by molar-refractivity contribution is 8.03. The highest BCUT2D eigenvalue weighted by atomic mass is 35.5. The van der Waals surface area contributed by atoms with E-state index in [1.807, 2.05) is 26.0 Å². The number of thioether (sulfide) groups is 1. The number of hydrogen-bond acceptors (Lipinski definition) is 5. The Morgan fingerprint density at radius 1 is 1.37 bits per heavy atom. The van der Waals surface area contributed by atoms with E-state index < -0.39 is 11.8 Å². The molecule has 1 heterocycles. The summed E-state index contributed by atoms with van der Waals surface area (Å²) in [5, 5.41) is 14.3. The second-order valence-corrected chi connectivity index (χ2v) is 8.97. The third-order valence-electron chi connectivity index (χ3n) is 4.69. The van der Waals surface area contributed by atoms with Gasteiger partial charge in [-0.25, -0.2) is 0 Å². The lowest BCUT2D eigenvalue weighted by atomic mass is 9.69. The second-order valence-electron chi connectivity index (χ2n) is 7.55. The summed E-state index contributed by atoms with van der Waals surface area (Å²) in [5.41, 5.74) is 7.82. The van der Waals surface area contributed by atoms with Gasteiger partial charge >= 0.3 is 0 Å². The van der Waals surface area contributed by atoms with Crippen LogP contribution in [0.15, 0.2) is 46.1 Å². The van der Waals surface area contributed by atoms with Crippen LogP contribution in [0.1, 0.15) is 38.2 Å². The van der Waals surface area contributed by atoms with Gasteiger partial charge in [-0.15, -0.1) is 0 Å². The number of Topliss-reactive ketones (excluding diaryl/α,β-unsaturated/α-hetero) is 1. The highest BCUT2D eigenvalue weighted by Crippen LogP contribution is 2.47. The normalized spacial score (nSPS) is 21.4. The standard InChI is InChI=1S/C20H20ClN3O2S/c1-20(2)7-14-18(15(25)8-20)17(11-3-5-12(21)6-4-11)13(9-22)19(24-14)27-10-16(23)26/h3-6,17,24H,7-8,10H2,1-2H3,(H2,23,26). The summed E-state index contributed by atoms with van der Waals surface area (Å²) >= 11 is 7.21. The van der Waals surface area contributed by atoms with Crippen molar-refractivity contribution in [2.75, 3.05) is 5.75 Å². The van der Waals surface area contributed by atoms with Gasteiger partial charge in [-0.2, -0.15) is 5.26 Å². The van der Waals surface area contributed by atoms with Gasteiger partial charge < -0.3 is 11.1 Å². The molecule has 1 aliphatic carbocycles. The first kappa shape index (κ1) is 19.5. The Balaban J connectivity index is 2.14. The summed E-state index contributed by atoms with van der Waals surface area (Å²) in [6, 6.07) is 9.42. The third-order valence-corrected chi connectivity index (χ3v) is 5.98. The summed E-state index contributed by atoms with van der Waals surface area (Å²) in [6.45, 7) is 4.10. The lowest BCUT2D eigenvalue weighted by molar-refractivity contribution is -0.118. The second kappa shape index (κ2) is 7.41. The van der Waals surface area contributed by atoms with E-state index >= 15 is 0 Å². The van der Waals surface area contributed by atoms with Crippen LogP contribution in [0.2, 0.25) is 5.02 Å². The molecule has 1 amide bonds. The summed E-state index contributed by atoms with van der Waals surface area (Å²) in [7, 11) is 0. The molecule has 1 aromatic rings. The molecule has 0 fully saturated rings. The number of ketones is 1. The van der Waals surface area contributed by atoms with E-state index in [1.165, 1.54) is 11.8 Å². The molecule has 0 aromatic heterocycles. The molecule has 1 aliphatic heterocycles. The fraction of sp³-hybridized carbons (Fsp3) is 0.350. The van der Waals surface area contributed by atoms with Gasteiger partial charge in [-0.05, 0) is 29.5 Å². The zero-order chi connectivity index (χ0) is 19.8. The van der Waals surface area contributed by atoms with Crippen LogP contribution in [0, 0.1) is 16.7 Å². The van der Waals surface area contributed by atoms with Crippen molar-refractivity contribution in [3.63, 3.8) is 0 Å². The number of primary amides is 1. The average Bonchev–Trinajstić information content (AvgIpc) is 2.58. The van der Waals surface area contributed by atoms with Crippen LogP contribution in [0.3, 0.4) is 0 Å². The zero-order valence-electron chi connectivity index (χ0n) is 15.1. The van der Waals surface area contributed by atoms with Crippen molar-refractivity contribution in [2.24, 2.45) is 11.1 Å². The van der Waals surface area contributed by atoms with E-state index in [9.17, 15) is 14.9 Å². The number of halogens is 1. The molecule has 1 atom stereocenters. The smallest absolute Gasteiger partial charge is 0.227 e. The summed E-state index contributed by atoms with van der Waals surface area (Å²) < 4.78 is 0. The van der Waals surface area contributed by atoms with Crippen LogP contribution >= 0.6 is 23.4 Å². The summed E-state index contributed by atoms with van der Waals surface area (Å²) in [4.78, 5) is 24.2. The molecule has 5 nitrogen and oxygen atoms in total. The zero-order valence-corrected chi connectivity index (χ0v) is 16.7. The Labute approximate surface area is 167 Å². The predicted octanol–water partition coefficient (Wildman–Crippen LogP) is 3.62. The molecule has 0 radical (unpaired) electrons. The minimum Gasteiger partial charge on any atom is -0.369 e. The van der Waals surface area contributed by atoms with Gasteiger partial charge in [-0.1, -0.05) is 49.3 Å². The van der Waals surface area contributed by atoms with Crippen molar-refractivity contribution >= 4 is 35.1 Å². The van der Waals surface area contributed by atoms with Crippen molar-refractivity contribution < 1.29 is 9.59 Å². The number of carbonyl (C=O) groups is 2. The molecule has 1 aromatic carbocycles. The topological polar surface area (TPSA) is 96.0 Å². The van der Waals surface area contributed by atoms with Gasteiger partial charge in [0.25, 0.3) is 0 Å². The molecule has 2 aliphatic rings. The van der Waals surface area contributed by atoms with Crippen molar-refractivity contribution in [1.29, 1.82) is 5.26 Å². The van der Waals surface area contributed by atoms with E-state index in [1.54, 1.807) is 12.1 Å². The molecule has 3 N–H and O–H groups in total. The number of nitrogens with two attached hydrogens (primary N) is 1. The van der Waals surface area contributed by atoms with Gasteiger partial charge in [-0.3, -0.25) is 9.59 Å². The Bertz CT molecular complexity index is 910. The molecular weight excluding hydrogens is 382 g/mol. The monoisotopic (exact) mass is 401 g/mol. The van der Waals surface area contributed by atoms with E-state index in [0.717, 1.165) is 11.3 Å². The molecule has 140 valence electrons. The van der Waals surface area contributed by atoms with E-state index in [0.29, 0.717) is 34.0 Å². The molecule has 1 unspecified atom stereocenters. The molecule has 0 saturated carbocycles. The Morgan fingerprint density at radius 2 is 2.04 bits per heavy atom. The average molecular weight is 402 g/mol. The minimum absolute atomic E-state index is 0.0420. The number of allylic oxidation sites excluding steroid dienone is 3. The molecule has 3 rings (SSSR count). The third kappa shape index (κ3) is 4.05. The van der Waals surface area contributed by atoms with Crippen molar-refractivity contribution in [2.45, 2.75) is 32.6 Å². The summed E-state index contributed by atoms with van der Waals surface area (Å²) in [5.74, 6) is -0.835. The van der Waals surface area contributed by atoms with E-state index in [-0.39, 0.29) is 17.0 Å². The lowest BCUT2D eigenvalue weighted by Crippen LogP contribution is -2.37. The maximum Gasteiger partial charge on any atom is 0.227 e. The van der Waals surface area contributed by atoms with Crippen LogP contribution in [-0.4, -0.2) is 17.4 Å². The maximum atomic E-state index is 13.0. The first-order valence-corrected chi connectivity index (χ1v) is 9.92. The number of benzene rings is 1. The van der Waals surface area contributed by atoms with Crippen LogP contribution in [0.5, 0.6) is 0 Å². The molecule has 0 saturated heterocycles. The number of nitrogens with one attached hydrogen (secondary N) is 1. The lowest BCUT2D eigenvalue weighted by Gasteiger charge is -2.39. The van der Waals surface area contributed by atoms with Crippen LogP contribution < -0.4 is 11.1 Å². The molecule has 7 heteroatoms. The summed E-state index contributed by atoms with van der Waals surface area (Å²) in [6.07, 6.45) is 1.12. The van der Waals surface area contributed by atoms with Gasteiger partial charge in [0.15, 0.2) is 5.78 Å². The van der Waals surface area contributed by atoms with Crippen LogP contribution in [-0.2, 0) is 9.59 Å². The quantitative estimate of drug-likeness (QED) is 0.803.